The lowest BCUT2D eigenvalue weighted by molar-refractivity contribution is 0.555. The first kappa shape index (κ1) is 16.0. The molecule has 0 saturated heterocycles. The van der Waals surface area contributed by atoms with E-state index in [9.17, 15) is 8.42 Å². The van der Waals surface area contributed by atoms with Gasteiger partial charge in [0.2, 0.25) is 0 Å². The molecule has 4 nitrogen and oxygen atoms in total. The Labute approximate surface area is 127 Å². The van der Waals surface area contributed by atoms with Crippen LogP contribution in [0, 0.1) is 0 Å². The molecule has 0 fully saturated rings. The van der Waals surface area contributed by atoms with Gasteiger partial charge in [-0.25, -0.2) is 8.42 Å². The number of aryl methyl sites for hydroxylation is 1. The number of hydrogen-bond donors (Lipinski definition) is 1. The molecule has 0 aliphatic carbocycles. The first-order chi connectivity index (χ1) is 9.74. The lowest BCUT2D eigenvalue weighted by Gasteiger charge is -2.19. The molecule has 21 heavy (non-hydrogen) atoms. The van der Waals surface area contributed by atoms with E-state index in [4.69, 9.17) is 0 Å². The van der Waals surface area contributed by atoms with Gasteiger partial charge in [0.1, 0.15) is 0 Å². The maximum absolute atomic E-state index is 12.2. The monoisotopic (exact) mass is 308 g/mol. The van der Waals surface area contributed by atoms with Gasteiger partial charge in [0.25, 0.3) is 0 Å². The Morgan fingerprint density at radius 2 is 1.90 bits per heavy atom. The minimum absolute atomic E-state index is 0.163. The van der Waals surface area contributed by atoms with Crippen molar-refractivity contribution in [2.24, 2.45) is 0 Å². The molecule has 2 rings (SSSR count). The molecule has 1 aromatic heterocycles. The molecule has 0 radical (unpaired) electrons. The Bertz CT molecular complexity index is 724. The van der Waals surface area contributed by atoms with E-state index in [0.29, 0.717) is 6.54 Å². The van der Waals surface area contributed by atoms with E-state index in [1.165, 1.54) is 5.56 Å². The molecular formula is C16H24N2O2S. The van der Waals surface area contributed by atoms with Gasteiger partial charge >= 0.3 is 0 Å². The number of nitrogens with one attached hydrogen (secondary N) is 1. The Hall–Kier alpha value is -1.33. The molecule has 0 aliphatic rings. The molecule has 1 aromatic carbocycles. The third-order valence-corrected chi connectivity index (χ3v) is 6.34. The Kier molecular flexibility index (Phi) is 4.44. The van der Waals surface area contributed by atoms with E-state index in [2.05, 4.69) is 23.5 Å². The van der Waals surface area contributed by atoms with Gasteiger partial charge in [-0.1, -0.05) is 12.1 Å². The molecule has 0 atom stereocenters. The number of aromatic nitrogens is 1. The van der Waals surface area contributed by atoms with E-state index in [1.54, 1.807) is 20.8 Å². The van der Waals surface area contributed by atoms with E-state index in [1.807, 2.05) is 23.9 Å². The van der Waals surface area contributed by atoms with Gasteiger partial charge in [0.15, 0.2) is 9.84 Å². The molecule has 1 N–H and O–H groups in total. The van der Waals surface area contributed by atoms with Gasteiger partial charge < -0.3 is 9.88 Å². The second-order valence-electron chi connectivity index (χ2n) is 6.36. The second kappa shape index (κ2) is 5.81. The number of nitrogens with zero attached hydrogens (tertiary/aromatic N) is 1. The Morgan fingerprint density at radius 3 is 2.52 bits per heavy atom. The topological polar surface area (TPSA) is 51.1 Å². The van der Waals surface area contributed by atoms with Crippen LogP contribution in [0.4, 0.5) is 0 Å². The smallest absolute Gasteiger partial charge is 0.156 e. The first-order valence-electron chi connectivity index (χ1n) is 7.19. The first-order valence-corrected chi connectivity index (χ1v) is 8.84. The fraction of sp³-hybridized carbons (Fsp3) is 0.500. The summed E-state index contributed by atoms with van der Waals surface area (Å²) in [7, 11) is -1.18. The van der Waals surface area contributed by atoms with Crippen molar-refractivity contribution in [1.82, 2.24) is 9.88 Å². The molecule has 116 valence electrons. The number of benzene rings is 1. The van der Waals surface area contributed by atoms with Gasteiger partial charge in [-0.15, -0.1) is 0 Å². The van der Waals surface area contributed by atoms with Crippen LogP contribution < -0.4 is 5.32 Å². The predicted octanol–water partition coefficient (Wildman–Crippen LogP) is 2.57. The summed E-state index contributed by atoms with van der Waals surface area (Å²) in [5.41, 5.74) is 2.29. The molecule has 2 aromatic rings. The summed E-state index contributed by atoms with van der Waals surface area (Å²) in [5.74, 6) is 0.163. The van der Waals surface area contributed by atoms with Crippen LogP contribution in [0.2, 0.25) is 0 Å². The number of hydrogen-bond acceptors (Lipinski definition) is 3. The zero-order valence-corrected chi connectivity index (χ0v) is 14.0. The molecule has 1 heterocycles. The Morgan fingerprint density at radius 1 is 1.19 bits per heavy atom. The van der Waals surface area contributed by atoms with Crippen molar-refractivity contribution in [3.05, 3.63) is 36.0 Å². The third kappa shape index (κ3) is 3.47. The molecule has 5 heteroatoms. The third-order valence-electron chi connectivity index (χ3n) is 3.75. The van der Waals surface area contributed by atoms with Crippen molar-refractivity contribution in [3.63, 3.8) is 0 Å². The largest absolute Gasteiger partial charge is 0.346 e. The minimum atomic E-state index is -3.10. The standard InChI is InChI=1S/C16H24N2O2S/c1-16(2,3)21(19,20)10-9-18-8-7-14-6-5-13(12-17-4)11-15(14)18/h5-8,11,17H,9-10,12H2,1-4H3. The van der Waals surface area contributed by atoms with Crippen molar-refractivity contribution in [2.75, 3.05) is 12.8 Å². The van der Waals surface area contributed by atoms with Crippen LogP contribution >= 0.6 is 0 Å². The number of fused-ring (bicyclic) bond motifs is 1. The predicted molar refractivity (Wildman–Crippen MR) is 88.2 cm³/mol. The van der Waals surface area contributed by atoms with E-state index < -0.39 is 14.6 Å². The lowest BCUT2D eigenvalue weighted by atomic mass is 10.1. The highest BCUT2D eigenvalue weighted by Gasteiger charge is 2.28. The molecule has 0 spiro atoms. The van der Waals surface area contributed by atoms with Gasteiger partial charge in [0, 0.05) is 24.8 Å². The SMILES string of the molecule is CNCc1ccc2ccn(CCS(=O)(=O)C(C)(C)C)c2c1. The van der Waals surface area contributed by atoms with Crippen LogP contribution in [0.15, 0.2) is 30.5 Å². The van der Waals surface area contributed by atoms with Crippen molar-refractivity contribution >= 4 is 20.7 Å². The van der Waals surface area contributed by atoms with Gasteiger partial charge in [-0.05, 0) is 50.9 Å². The number of sulfone groups is 1. The maximum atomic E-state index is 12.2. The van der Waals surface area contributed by atoms with Crippen LogP contribution in [0.25, 0.3) is 10.9 Å². The summed E-state index contributed by atoms with van der Waals surface area (Å²) >= 11 is 0. The van der Waals surface area contributed by atoms with Crippen molar-refractivity contribution in [2.45, 2.75) is 38.6 Å². The summed E-state index contributed by atoms with van der Waals surface area (Å²) in [6.45, 7) is 6.55. The average Bonchev–Trinajstić information content (AvgIpc) is 2.78. The molecule has 0 bridgehead atoms. The molecule has 0 aliphatic heterocycles. The molecule has 0 saturated carbocycles. The summed E-state index contributed by atoms with van der Waals surface area (Å²) in [5, 5.41) is 4.27. The summed E-state index contributed by atoms with van der Waals surface area (Å²) in [6, 6.07) is 8.32. The second-order valence-corrected chi connectivity index (χ2v) is 9.23. The summed E-state index contributed by atoms with van der Waals surface area (Å²) < 4.78 is 25.8. The average molecular weight is 308 g/mol. The summed E-state index contributed by atoms with van der Waals surface area (Å²) in [6.07, 6.45) is 1.96. The van der Waals surface area contributed by atoms with E-state index in [-0.39, 0.29) is 5.75 Å². The normalized spacial score (nSPS) is 13.0. The molecular weight excluding hydrogens is 284 g/mol. The van der Waals surface area contributed by atoms with E-state index >= 15 is 0 Å². The molecule has 0 unspecified atom stereocenters. The quantitative estimate of drug-likeness (QED) is 0.923. The fourth-order valence-corrected chi connectivity index (χ4v) is 3.31. The highest BCUT2D eigenvalue weighted by Crippen LogP contribution is 2.20. The van der Waals surface area contributed by atoms with E-state index in [0.717, 1.165) is 17.4 Å². The highest BCUT2D eigenvalue weighted by atomic mass is 32.2. The van der Waals surface area contributed by atoms with Crippen LogP contribution in [0.3, 0.4) is 0 Å². The summed E-state index contributed by atoms with van der Waals surface area (Å²) in [4.78, 5) is 0. The molecule has 0 amide bonds. The maximum Gasteiger partial charge on any atom is 0.156 e. The minimum Gasteiger partial charge on any atom is -0.346 e. The zero-order valence-electron chi connectivity index (χ0n) is 13.2. The number of rotatable bonds is 5. The fourth-order valence-electron chi connectivity index (χ4n) is 2.26. The highest BCUT2D eigenvalue weighted by molar-refractivity contribution is 7.92. The van der Waals surface area contributed by atoms with Gasteiger partial charge in [-0.3, -0.25) is 0 Å². The van der Waals surface area contributed by atoms with Crippen LogP contribution in [-0.4, -0.2) is 30.5 Å². The van der Waals surface area contributed by atoms with Crippen molar-refractivity contribution in [3.8, 4) is 0 Å². The van der Waals surface area contributed by atoms with Crippen molar-refractivity contribution < 1.29 is 8.42 Å². The van der Waals surface area contributed by atoms with Gasteiger partial charge in [0.05, 0.1) is 10.5 Å². The lowest BCUT2D eigenvalue weighted by Crippen LogP contribution is -2.31. The Balaban J connectivity index is 2.25. The van der Waals surface area contributed by atoms with Crippen LogP contribution in [-0.2, 0) is 22.9 Å². The van der Waals surface area contributed by atoms with Crippen LogP contribution in [0.5, 0.6) is 0 Å². The zero-order chi connectivity index (χ0) is 15.7. The van der Waals surface area contributed by atoms with Crippen LogP contribution in [0.1, 0.15) is 26.3 Å². The van der Waals surface area contributed by atoms with Crippen molar-refractivity contribution in [1.29, 1.82) is 0 Å². The van der Waals surface area contributed by atoms with Gasteiger partial charge in [-0.2, -0.15) is 0 Å².